The van der Waals surface area contributed by atoms with Gasteiger partial charge in [-0.1, -0.05) is 0 Å². The van der Waals surface area contributed by atoms with Crippen LogP contribution in [0.15, 0.2) is 6.33 Å². The van der Waals surface area contributed by atoms with Crippen LogP contribution in [0.3, 0.4) is 0 Å². The Balaban J connectivity index is 1.64. The number of nitrogens with two attached hydrogens (primary N) is 2. The summed E-state index contributed by atoms with van der Waals surface area (Å²) in [4.78, 5) is 12.2. The third-order valence-corrected chi connectivity index (χ3v) is 6.52. The first kappa shape index (κ1) is 18.0. The summed E-state index contributed by atoms with van der Waals surface area (Å²) in [6, 6.07) is 0. The summed E-state index contributed by atoms with van der Waals surface area (Å²) in [5, 5.41) is 10.8. The number of fused-ring (bicyclic) bond motifs is 2. The first-order valence-electron chi connectivity index (χ1n) is 7.98. The Morgan fingerprint density at radius 1 is 1.42 bits per heavy atom. The molecule has 5 atom stereocenters. The zero-order valence-electron chi connectivity index (χ0n) is 14.1. The van der Waals surface area contributed by atoms with Crippen molar-refractivity contribution < 1.29 is 23.4 Å². The number of nitrogens with zero attached hydrogens (tertiary/aromatic N) is 4. The van der Waals surface area contributed by atoms with E-state index >= 15 is 0 Å². The normalized spacial score (nSPS) is 34.5. The fourth-order valence-corrected chi connectivity index (χ4v) is 5.59. The largest absolute Gasteiger partial charge is 0.386 e. The molecule has 2 saturated heterocycles. The predicted molar refractivity (Wildman–Crippen MR) is 95.4 cm³/mol. The van der Waals surface area contributed by atoms with Crippen LogP contribution >= 0.6 is 6.72 Å². The van der Waals surface area contributed by atoms with Crippen molar-refractivity contribution in [2.75, 3.05) is 18.1 Å². The fourth-order valence-electron chi connectivity index (χ4n) is 3.01. The summed E-state index contributed by atoms with van der Waals surface area (Å²) in [7, 11) is 0. The molecule has 1 unspecified atom stereocenters. The van der Waals surface area contributed by atoms with E-state index in [4.69, 9.17) is 41.6 Å². The number of aromatic nitrogens is 4. The Morgan fingerprint density at radius 2 is 2.19 bits per heavy atom. The fraction of sp³-hybridized carbons (Fsp3) is 0.615. The minimum Gasteiger partial charge on any atom is -0.386 e. The number of nitrogen functional groups attached to an aromatic ring is 2. The van der Waals surface area contributed by atoms with Gasteiger partial charge in [-0.05, 0) is 25.7 Å². The number of hydrogen-bond acceptors (Lipinski definition) is 11. The third kappa shape index (κ3) is 2.97. The van der Waals surface area contributed by atoms with Crippen LogP contribution in [0.2, 0.25) is 0 Å². The zero-order valence-corrected chi connectivity index (χ0v) is 15.8. The molecule has 11 nitrogen and oxygen atoms in total. The highest BCUT2D eigenvalue weighted by molar-refractivity contribution is 8.07. The molecule has 2 aliphatic heterocycles. The van der Waals surface area contributed by atoms with E-state index in [0.29, 0.717) is 11.2 Å². The van der Waals surface area contributed by atoms with Gasteiger partial charge >= 0.3 is 6.72 Å². The van der Waals surface area contributed by atoms with Gasteiger partial charge in [0.1, 0.15) is 23.8 Å². The Labute approximate surface area is 153 Å². The van der Waals surface area contributed by atoms with E-state index in [2.05, 4.69) is 15.0 Å². The molecule has 2 aromatic rings. The zero-order chi connectivity index (χ0) is 18.6. The molecule has 2 aliphatic rings. The quantitative estimate of drug-likeness (QED) is 0.608. The molecule has 0 saturated carbocycles. The second-order valence-corrected chi connectivity index (χ2v) is 9.23. The summed E-state index contributed by atoms with van der Waals surface area (Å²) in [6.07, 6.45) is -1.73. The van der Waals surface area contributed by atoms with Crippen molar-refractivity contribution >= 4 is 41.5 Å². The van der Waals surface area contributed by atoms with Crippen LogP contribution < -0.4 is 11.5 Å². The highest BCUT2D eigenvalue weighted by Crippen LogP contribution is 2.57. The van der Waals surface area contributed by atoms with Crippen molar-refractivity contribution in [2.45, 2.75) is 44.5 Å². The molecule has 142 valence electrons. The topological polar surface area (TPSA) is 153 Å². The molecule has 5 N–H and O–H groups in total. The number of rotatable bonds is 3. The van der Waals surface area contributed by atoms with Gasteiger partial charge in [-0.25, -0.2) is 4.98 Å². The van der Waals surface area contributed by atoms with Gasteiger partial charge in [0.15, 0.2) is 17.7 Å². The first-order valence-corrected chi connectivity index (χ1v) is 10.5. The standard InChI is InChI=1S/C13H19N6O5PS/c1-5(2)23-25(26)21-3-6-9(24-25)8(20)12(22-6)19-4-16-7-10(14)17-13(15)18-11(7)19/h4-6,8-9,12,20H,3H2,1-2H3,(H4,14,15,17,18)/t6-,8-,9-,12-,25?/m1/s1. The number of imidazole rings is 1. The third-order valence-electron chi connectivity index (χ3n) is 4.04. The van der Waals surface area contributed by atoms with Crippen molar-refractivity contribution in [3.05, 3.63) is 6.33 Å². The molecule has 0 radical (unpaired) electrons. The van der Waals surface area contributed by atoms with E-state index < -0.39 is 31.3 Å². The van der Waals surface area contributed by atoms with Crippen molar-refractivity contribution in [3.8, 4) is 0 Å². The molecule has 0 aromatic carbocycles. The molecular formula is C13H19N6O5PS. The van der Waals surface area contributed by atoms with Gasteiger partial charge in [-0.2, -0.15) is 9.97 Å². The smallest absolute Gasteiger partial charge is 0.327 e. The van der Waals surface area contributed by atoms with Gasteiger partial charge in [-0.3, -0.25) is 9.09 Å². The lowest BCUT2D eigenvalue weighted by Crippen LogP contribution is -2.39. The number of anilines is 2. The average Bonchev–Trinajstić information content (AvgIpc) is 3.08. The van der Waals surface area contributed by atoms with Crippen molar-refractivity contribution in [1.29, 1.82) is 0 Å². The van der Waals surface area contributed by atoms with Gasteiger partial charge in [-0.15, -0.1) is 0 Å². The van der Waals surface area contributed by atoms with Crippen molar-refractivity contribution in [2.24, 2.45) is 0 Å². The molecule has 2 aromatic heterocycles. The Bertz CT molecular complexity index is 893. The highest BCUT2D eigenvalue weighted by atomic mass is 32.5. The van der Waals surface area contributed by atoms with Crippen LogP contribution in [0, 0.1) is 0 Å². The van der Waals surface area contributed by atoms with Crippen LogP contribution in [0.4, 0.5) is 11.8 Å². The summed E-state index contributed by atoms with van der Waals surface area (Å²) in [6.45, 7) is 0.893. The lowest BCUT2D eigenvalue weighted by molar-refractivity contribution is -0.0637. The molecule has 2 fully saturated rings. The van der Waals surface area contributed by atoms with E-state index in [1.54, 1.807) is 4.57 Å². The maximum Gasteiger partial charge on any atom is 0.327 e. The van der Waals surface area contributed by atoms with Gasteiger partial charge in [0.2, 0.25) is 5.95 Å². The summed E-state index contributed by atoms with van der Waals surface area (Å²) < 4.78 is 24.4. The molecular weight excluding hydrogens is 383 g/mol. The molecule has 4 rings (SSSR count). The highest BCUT2D eigenvalue weighted by Gasteiger charge is 2.52. The maximum absolute atomic E-state index is 10.8. The SMILES string of the molecule is CC(C)OP1(=S)OC[C@H]2O[C@@H](n3cnc4c(N)nc(N)nc43)[C@H](O)[C@@H]2O1. The second kappa shape index (κ2) is 6.34. The van der Waals surface area contributed by atoms with E-state index in [-0.39, 0.29) is 24.5 Å². The first-order chi connectivity index (χ1) is 12.3. The number of aliphatic hydroxyl groups excluding tert-OH is 1. The van der Waals surface area contributed by atoms with Crippen molar-refractivity contribution in [1.82, 2.24) is 19.5 Å². The van der Waals surface area contributed by atoms with Crippen LogP contribution in [0.25, 0.3) is 11.2 Å². The predicted octanol–water partition coefficient (Wildman–Crippen LogP) is 0.314. The van der Waals surface area contributed by atoms with Gasteiger partial charge in [0.25, 0.3) is 0 Å². The lowest BCUT2D eigenvalue weighted by atomic mass is 10.1. The summed E-state index contributed by atoms with van der Waals surface area (Å²) in [5.74, 6) is 0.152. The minimum absolute atomic E-state index is 0.00192. The van der Waals surface area contributed by atoms with Crippen LogP contribution in [0.5, 0.6) is 0 Å². The molecule has 26 heavy (non-hydrogen) atoms. The van der Waals surface area contributed by atoms with E-state index in [9.17, 15) is 5.11 Å². The second-order valence-electron chi connectivity index (χ2n) is 6.31. The van der Waals surface area contributed by atoms with Gasteiger partial charge in [0, 0.05) is 0 Å². The molecule has 0 amide bonds. The van der Waals surface area contributed by atoms with E-state index in [0.717, 1.165) is 0 Å². The number of hydrogen-bond donors (Lipinski definition) is 3. The van der Waals surface area contributed by atoms with Gasteiger partial charge < -0.3 is 30.4 Å². The Morgan fingerprint density at radius 3 is 2.92 bits per heavy atom. The van der Waals surface area contributed by atoms with E-state index in [1.807, 2.05) is 13.8 Å². The molecule has 4 heterocycles. The van der Waals surface area contributed by atoms with Crippen LogP contribution in [-0.4, -0.2) is 55.6 Å². The Kier molecular flexibility index (Phi) is 4.39. The van der Waals surface area contributed by atoms with Crippen LogP contribution in [-0.2, 0) is 30.1 Å². The minimum atomic E-state index is -2.94. The average molecular weight is 402 g/mol. The van der Waals surface area contributed by atoms with E-state index in [1.165, 1.54) is 6.33 Å². The molecule has 13 heteroatoms. The molecule has 0 bridgehead atoms. The number of ether oxygens (including phenoxy) is 1. The van der Waals surface area contributed by atoms with Gasteiger partial charge in [0.05, 0.1) is 19.0 Å². The summed E-state index contributed by atoms with van der Waals surface area (Å²) in [5.41, 5.74) is 12.2. The number of aliphatic hydroxyl groups is 1. The molecule has 0 spiro atoms. The Hall–Kier alpha value is -1.40. The summed E-state index contributed by atoms with van der Waals surface area (Å²) >= 11 is 5.36. The van der Waals surface area contributed by atoms with Crippen LogP contribution in [0.1, 0.15) is 20.1 Å². The lowest BCUT2D eigenvalue weighted by Gasteiger charge is -2.34. The monoisotopic (exact) mass is 402 g/mol. The maximum atomic E-state index is 10.8. The van der Waals surface area contributed by atoms with Crippen molar-refractivity contribution in [3.63, 3.8) is 0 Å². The molecule has 0 aliphatic carbocycles.